The Labute approximate surface area is 75.0 Å². The summed E-state index contributed by atoms with van der Waals surface area (Å²) >= 11 is 0. The Hall–Kier alpha value is 0.130. The van der Waals surface area contributed by atoms with E-state index in [0.29, 0.717) is 0 Å². The second-order valence-corrected chi connectivity index (χ2v) is 2.60. The minimum absolute atomic E-state index is 0. The molecule has 0 bridgehead atoms. The molecule has 1 aromatic carbocycles. The van der Waals surface area contributed by atoms with Gasteiger partial charge in [0.05, 0.1) is 0 Å². The molecule has 0 spiro atoms. The largest absolute Gasteiger partial charge is 0.137 e. The fourth-order valence-electron chi connectivity index (χ4n) is 0.811. The molecule has 0 heterocycles. The molecular formula is C8H12BrP. The van der Waals surface area contributed by atoms with E-state index >= 15 is 0 Å². The van der Waals surface area contributed by atoms with Crippen molar-refractivity contribution in [1.29, 1.82) is 0 Å². The van der Waals surface area contributed by atoms with Gasteiger partial charge in [-0.2, -0.15) is 0 Å². The van der Waals surface area contributed by atoms with E-state index in [1.165, 1.54) is 12.0 Å². The van der Waals surface area contributed by atoms with Crippen LogP contribution in [0.2, 0.25) is 0 Å². The van der Waals surface area contributed by atoms with Crippen LogP contribution in [0.25, 0.3) is 0 Å². The van der Waals surface area contributed by atoms with E-state index in [4.69, 9.17) is 0 Å². The summed E-state index contributed by atoms with van der Waals surface area (Å²) in [6, 6.07) is 10.5. The summed E-state index contributed by atoms with van der Waals surface area (Å²) in [7, 11) is 2.73. The summed E-state index contributed by atoms with van der Waals surface area (Å²) in [4.78, 5) is 0. The Morgan fingerprint density at radius 1 is 1.10 bits per heavy atom. The van der Waals surface area contributed by atoms with E-state index in [-0.39, 0.29) is 17.0 Å². The van der Waals surface area contributed by atoms with Crippen LogP contribution in [-0.4, -0.2) is 6.16 Å². The number of rotatable bonds is 2. The predicted octanol–water partition coefficient (Wildman–Crippen LogP) is 2.68. The normalized spacial score (nSPS) is 8.50. The molecule has 1 unspecified atom stereocenters. The molecule has 1 rings (SSSR count). The molecule has 1 aromatic rings. The van der Waals surface area contributed by atoms with Gasteiger partial charge in [0.2, 0.25) is 0 Å². The first-order valence-electron chi connectivity index (χ1n) is 3.17. The zero-order valence-corrected chi connectivity index (χ0v) is 8.65. The van der Waals surface area contributed by atoms with Gasteiger partial charge in [-0.3, -0.25) is 0 Å². The lowest BCUT2D eigenvalue weighted by Crippen LogP contribution is -1.82. The second kappa shape index (κ2) is 5.88. The van der Waals surface area contributed by atoms with E-state index in [0.717, 1.165) is 6.16 Å². The zero-order valence-electron chi connectivity index (χ0n) is 5.79. The number of halogens is 1. The van der Waals surface area contributed by atoms with Crippen molar-refractivity contribution < 1.29 is 0 Å². The molecule has 0 saturated heterocycles. The van der Waals surface area contributed by atoms with Gasteiger partial charge in [0.15, 0.2) is 0 Å². The summed E-state index contributed by atoms with van der Waals surface area (Å²) in [5, 5.41) is 0. The number of benzene rings is 1. The highest BCUT2D eigenvalue weighted by Crippen LogP contribution is 2.00. The van der Waals surface area contributed by atoms with Crippen LogP contribution >= 0.6 is 26.2 Å². The fraction of sp³-hybridized carbons (Fsp3) is 0.250. The van der Waals surface area contributed by atoms with E-state index in [2.05, 4.69) is 33.5 Å². The molecule has 0 fully saturated rings. The van der Waals surface area contributed by atoms with Crippen LogP contribution < -0.4 is 0 Å². The van der Waals surface area contributed by atoms with Crippen LogP contribution in [0.4, 0.5) is 0 Å². The average Bonchev–Trinajstić information content (AvgIpc) is 1.91. The Balaban J connectivity index is 0.000000810. The first-order chi connectivity index (χ1) is 4.43. The zero-order chi connectivity index (χ0) is 6.53. The second-order valence-electron chi connectivity index (χ2n) is 2.02. The summed E-state index contributed by atoms with van der Waals surface area (Å²) in [5.74, 6) is 0. The molecular weight excluding hydrogens is 207 g/mol. The molecule has 0 nitrogen and oxygen atoms in total. The lowest BCUT2D eigenvalue weighted by molar-refractivity contribution is 1.16. The highest BCUT2D eigenvalue weighted by atomic mass is 79.9. The first-order valence-corrected chi connectivity index (χ1v) is 3.99. The molecule has 0 aromatic heterocycles. The van der Waals surface area contributed by atoms with E-state index in [9.17, 15) is 0 Å². The van der Waals surface area contributed by atoms with E-state index < -0.39 is 0 Å². The SMILES string of the molecule is Br.PCCc1ccccc1. The summed E-state index contributed by atoms with van der Waals surface area (Å²) in [6.07, 6.45) is 2.33. The standard InChI is InChI=1S/C8H11P.BrH/c9-7-6-8-4-2-1-3-5-8;/h1-5H,6-7,9H2;1H. The Bertz CT molecular complexity index is 162. The maximum Gasteiger partial charge on any atom is -0.0244 e. The molecule has 10 heavy (non-hydrogen) atoms. The smallest absolute Gasteiger partial charge is 0.0244 e. The Morgan fingerprint density at radius 3 is 2.20 bits per heavy atom. The van der Waals surface area contributed by atoms with Crippen molar-refractivity contribution in [1.82, 2.24) is 0 Å². The number of aryl methyl sites for hydroxylation is 1. The Kier molecular flexibility index (Phi) is 5.96. The molecule has 1 atom stereocenters. The molecule has 0 N–H and O–H groups in total. The van der Waals surface area contributed by atoms with Crippen molar-refractivity contribution in [2.75, 3.05) is 6.16 Å². The van der Waals surface area contributed by atoms with Gasteiger partial charge in [-0.1, -0.05) is 30.3 Å². The fourth-order valence-corrected chi connectivity index (χ4v) is 1.14. The molecule has 0 aliphatic carbocycles. The van der Waals surface area contributed by atoms with Crippen LogP contribution in [0.5, 0.6) is 0 Å². The predicted molar refractivity (Wildman–Crippen MR) is 55.0 cm³/mol. The van der Waals surface area contributed by atoms with Crippen LogP contribution in [-0.2, 0) is 6.42 Å². The summed E-state index contributed by atoms with van der Waals surface area (Å²) in [5.41, 5.74) is 1.42. The molecule has 0 aliphatic rings. The van der Waals surface area contributed by atoms with Crippen molar-refractivity contribution in [2.24, 2.45) is 0 Å². The quantitative estimate of drug-likeness (QED) is 0.671. The van der Waals surface area contributed by atoms with Gasteiger partial charge in [-0.15, -0.1) is 26.2 Å². The third kappa shape index (κ3) is 3.34. The summed E-state index contributed by atoms with van der Waals surface area (Å²) < 4.78 is 0. The first kappa shape index (κ1) is 10.1. The topological polar surface area (TPSA) is 0 Å². The Morgan fingerprint density at radius 2 is 1.70 bits per heavy atom. The van der Waals surface area contributed by atoms with Gasteiger partial charge in [0.1, 0.15) is 0 Å². The lowest BCUT2D eigenvalue weighted by Gasteiger charge is -1.93. The maximum atomic E-state index is 2.73. The van der Waals surface area contributed by atoms with Gasteiger partial charge >= 0.3 is 0 Å². The number of hydrogen-bond donors (Lipinski definition) is 0. The van der Waals surface area contributed by atoms with Crippen LogP contribution in [0, 0.1) is 0 Å². The average molecular weight is 219 g/mol. The van der Waals surface area contributed by atoms with Gasteiger partial charge in [-0.25, -0.2) is 0 Å². The van der Waals surface area contributed by atoms with Crippen molar-refractivity contribution in [2.45, 2.75) is 6.42 Å². The van der Waals surface area contributed by atoms with Crippen LogP contribution in [0.15, 0.2) is 30.3 Å². The van der Waals surface area contributed by atoms with Crippen molar-refractivity contribution in [3.8, 4) is 0 Å². The van der Waals surface area contributed by atoms with Crippen molar-refractivity contribution in [3.63, 3.8) is 0 Å². The van der Waals surface area contributed by atoms with Gasteiger partial charge in [-0.05, 0) is 18.1 Å². The monoisotopic (exact) mass is 218 g/mol. The van der Waals surface area contributed by atoms with E-state index in [1.54, 1.807) is 0 Å². The minimum Gasteiger partial charge on any atom is -0.137 e. The third-order valence-electron chi connectivity index (χ3n) is 1.28. The minimum atomic E-state index is 0. The highest BCUT2D eigenvalue weighted by molar-refractivity contribution is 8.93. The molecule has 0 amide bonds. The van der Waals surface area contributed by atoms with Crippen molar-refractivity contribution >= 4 is 26.2 Å². The molecule has 56 valence electrons. The highest BCUT2D eigenvalue weighted by Gasteiger charge is 1.84. The molecule has 2 heteroatoms. The maximum absolute atomic E-state index is 2.73. The van der Waals surface area contributed by atoms with E-state index in [1.807, 2.05) is 6.07 Å². The molecule has 0 aliphatic heterocycles. The number of hydrogen-bond acceptors (Lipinski definition) is 0. The van der Waals surface area contributed by atoms with Crippen LogP contribution in [0.1, 0.15) is 5.56 Å². The molecule has 0 radical (unpaired) electrons. The summed E-state index contributed by atoms with van der Waals surface area (Å²) in [6.45, 7) is 0. The van der Waals surface area contributed by atoms with Gasteiger partial charge in [0.25, 0.3) is 0 Å². The van der Waals surface area contributed by atoms with Crippen molar-refractivity contribution in [3.05, 3.63) is 35.9 Å². The third-order valence-corrected chi connectivity index (χ3v) is 1.56. The van der Waals surface area contributed by atoms with Gasteiger partial charge < -0.3 is 0 Å². The van der Waals surface area contributed by atoms with Crippen LogP contribution in [0.3, 0.4) is 0 Å². The molecule has 0 saturated carbocycles. The lowest BCUT2D eigenvalue weighted by atomic mass is 10.2. The van der Waals surface area contributed by atoms with Gasteiger partial charge in [0, 0.05) is 0 Å².